The highest BCUT2D eigenvalue weighted by Gasteiger charge is 2.42. The summed E-state index contributed by atoms with van der Waals surface area (Å²) in [4.78, 5) is 13.0. The molecule has 0 aliphatic carbocycles. The Kier molecular flexibility index (Phi) is 1.92. The highest BCUT2D eigenvalue weighted by Crippen LogP contribution is 2.16. The topological polar surface area (TPSA) is 123 Å². The third-order valence-electron chi connectivity index (χ3n) is 1.34. The Morgan fingerprint density at radius 2 is 2.33 bits per heavy atom. The first kappa shape index (κ1) is 8.78. The SMILES string of the molecule is [N-]=[N+]=NC1CN(S(=O)(=O)O)C1=O. The smallest absolute Gasteiger partial charge is 0.273 e. The van der Waals surface area contributed by atoms with E-state index in [0.717, 1.165) is 0 Å². The molecular formula is C3H4N4O4S. The molecule has 1 aliphatic heterocycles. The molecule has 0 aromatic heterocycles. The molecule has 1 saturated heterocycles. The van der Waals surface area contributed by atoms with Crippen molar-refractivity contribution in [2.75, 3.05) is 6.54 Å². The Hall–Kier alpha value is -1.31. The summed E-state index contributed by atoms with van der Waals surface area (Å²) < 4.78 is 29.2. The Morgan fingerprint density at radius 3 is 2.67 bits per heavy atom. The van der Waals surface area contributed by atoms with Gasteiger partial charge >= 0.3 is 10.3 Å². The van der Waals surface area contributed by atoms with Gasteiger partial charge in [-0.25, -0.2) is 4.31 Å². The van der Waals surface area contributed by atoms with Crippen LogP contribution < -0.4 is 0 Å². The summed E-state index contributed by atoms with van der Waals surface area (Å²) in [7, 11) is -4.47. The van der Waals surface area contributed by atoms with Crippen molar-refractivity contribution >= 4 is 16.2 Å². The molecule has 1 rings (SSSR count). The third kappa shape index (κ3) is 1.33. The highest BCUT2D eigenvalue weighted by molar-refractivity contribution is 7.84. The molecule has 1 aliphatic rings. The van der Waals surface area contributed by atoms with E-state index in [9.17, 15) is 13.2 Å². The van der Waals surface area contributed by atoms with Gasteiger partial charge in [0.1, 0.15) is 6.04 Å². The average Bonchev–Trinajstić information content (AvgIpc) is 1.93. The average molecular weight is 192 g/mol. The first-order valence-corrected chi connectivity index (χ1v) is 4.19. The number of hydrogen-bond donors (Lipinski definition) is 1. The number of hydrogen-bond acceptors (Lipinski definition) is 4. The molecule has 0 spiro atoms. The van der Waals surface area contributed by atoms with Crippen molar-refractivity contribution in [2.24, 2.45) is 5.11 Å². The van der Waals surface area contributed by atoms with Crippen molar-refractivity contribution in [3.05, 3.63) is 10.4 Å². The van der Waals surface area contributed by atoms with Gasteiger partial charge in [-0.1, -0.05) is 5.11 Å². The largest absolute Gasteiger partial charge is 0.362 e. The fourth-order valence-corrected chi connectivity index (χ4v) is 1.41. The van der Waals surface area contributed by atoms with Crippen LogP contribution in [-0.4, -0.2) is 35.8 Å². The van der Waals surface area contributed by atoms with Crippen LogP contribution in [0.2, 0.25) is 0 Å². The summed E-state index contributed by atoms with van der Waals surface area (Å²) in [6, 6.07) is -1.00. The van der Waals surface area contributed by atoms with Gasteiger partial charge in [-0.3, -0.25) is 9.35 Å². The lowest BCUT2D eigenvalue weighted by Crippen LogP contribution is -2.57. The van der Waals surface area contributed by atoms with Crippen molar-refractivity contribution in [2.45, 2.75) is 6.04 Å². The zero-order valence-corrected chi connectivity index (χ0v) is 6.47. The first-order chi connectivity index (χ1) is 5.46. The van der Waals surface area contributed by atoms with E-state index in [-0.39, 0.29) is 10.8 Å². The highest BCUT2D eigenvalue weighted by atomic mass is 32.2. The second-order valence-corrected chi connectivity index (χ2v) is 3.40. The minimum absolute atomic E-state index is 0.229. The maximum absolute atomic E-state index is 10.7. The van der Waals surface area contributed by atoms with Crippen molar-refractivity contribution in [3.8, 4) is 0 Å². The molecule has 66 valence electrons. The van der Waals surface area contributed by atoms with E-state index >= 15 is 0 Å². The quantitative estimate of drug-likeness (QED) is 0.204. The fraction of sp³-hybridized carbons (Fsp3) is 0.667. The minimum atomic E-state index is -4.47. The van der Waals surface area contributed by atoms with Gasteiger partial charge in [0.25, 0.3) is 0 Å². The Bertz CT molecular complexity index is 354. The van der Waals surface area contributed by atoms with Crippen LogP contribution in [0.1, 0.15) is 0 Å². The van der Waals surface area contributed by atoms with Crippen LogP contribution in [0.4, 0.5) is 0 Å². The van der Waals surface area contributed by atoms with Crippen molar-refractivity contribution in [1.82, 2.24) is 4.31 Å². The predicted octanol–water partition coefficient (Wildman–Crippen LogP) is -0.690. The van der Waals surface area contributed by atoms with E-state index in [1.165, 1.54) is 0 Å². The zero-order valence-electron chi connectivity index (χ0n) is 5.65. The molecule has 1 heterocycles. The molecule has 1 N–H and O–H groups in total. The van der Waals surface area contributed by atoms with Gasteiger partial charge in [-0.15, -0.1) is 0 Å². The van der Waals surface area contributed by atoms with E-state index in [0.29, 0.717) is 0 Å². The van der Waals surface area contributed by atoms with Crippen LogP contribution in [0.25, 0.3) is 10.4 Å². The van der Waals surface area contributed by atoms with Gasteiger partial charge in [0.2, 0.25) is 5.91 Å². The first-order valence-electron chi connectivity index (χ1n) is 2.80. The standard InChI is InChI=1S/C3H4N4O4S/c4-6-5-2-1-7(3(2)8)12(9,10)11/h2H,1H2,(H,9,10,11). The molecule has 1 fully saturated rings. The number of carbonyl (C=O) groups excluding carboxylic acids is 1. The number of amides is 1. The number of rotatable bonds is 2. The van der Waals surface area contributed by atoms with Crippen LogP contribution >= 0.6 is 0 Å². The summed E-state index contributed by atoms with van der Waals surface area (Å²) in [6.07, 6.45) is 0. The summed E-state index contributed by atoms with van der Waals surface area (Å²) in [6.45, 7) is -0.290. The lowest BCUT2D eigenvalue weighted by molar-refractivity contribution is -0.135. The molecule has 9 heteroatoms. The van der Waals surface area contributed by atoms with Gasteiger partial charge in [-0.2, -0.15) is 8.42 Å². The lowest BCUT2D eigenvalue weighted by atomic mass is 10.2. The van der Waals surface area contributed by atoms with Gasteiger partial charge in [0, 0.05) is 4.91 Å². The Balaban J connectivity index is 2.74. The lowest BCUT2D eigenvalue weighted by Gasteiger charge is -2.31. The molecule has 12 heavy (non-hydrogen) atoms. The molecule has 0 aromatic carbocycles. The molecule has 0 saturated carbocycles. The molecule has 1 atom stereocenters. The van der Waals surface area contributed by atoms with Gasteiger partial charge in [-0.05, 0) is 5.53 Å². The fourth-order valence-electron chi connectivity index (χ4n) is 0.735. The van der Waals surface area contributed by atoms with Crippen LogP contribution in [-0.2, 0) is 15.1 Å². The second-order valence-electron chi connectivity index (χ2n) is 2.07. The maximum atomic E-state index is 10.7. The number of β-lactam (4-membered cyclic amide) rings is 1. The normalized spacial score (nSPS) is 22.9. The summed E-state index contributed by atoms with van der Waals surface area (Å²) in [5.74, 6) is -0.907. The molecule has 1 amide bonds. The van der Waals surface area contributed by atoms with Crippen LogP contribution in [0, 0.1) is 0 Å². The van der Waals surface area contributed by atoms with Gasteiger partial charge in [0.15, 0.2) is 0 Å². The second kappa shape index (κ2) is 2.63. The Labute approximate surface area is 67.3 Å². The number of azide groups is 1. The molecular weight excluding hydrogens is 188 g/mol. The number of nitrogens with zero attached hydrogens (tertiary/aromatic N) is 4. The third-order valence-corrected chi connectivity index (χ3v) is 2.23. The van der Waals surface area contributed by atoms with E-state index in [2.05, 4.69) is 10.0 Å². The molecule has 8 nitrogen and oxygen atoms in total. The maximum Gasteiger partial charge on any atom is 0.362 e. The van der Waals surface area contributed by atoms with Crippen LogP contribution in [0.5, 0.6) is 0 Å². The van der Waals surface area contributed by atoms with Crippen LogP contribution in [0.15, 0.2) is 5.11 Å². The van der Waals surface area contributed by atoms with E-state index in [1.807, 2.05) is 0 Å². The van der Waals surface area contributed by atoms with Gasteiger partial charge in [0.05, 0.1) is 6.54 Å². The van der Waals surface area contributed by atoms with E-state index in [4.69, 9.17) is 10.1 Å². The van der Waals surface area contributed by atoms with Crippen LogP contribution in [0.3, 0.4) is 0 Å². The zero-order chi connectivity index (χ0) is 9.35. The minimum Gasteiger partial charge on any atom is -0.273 e. The van der Waals surface area contributed by atoms with Gasteiger partial charge < -0.3 is 0 Å². The van der Waals surface area contributed by atoms with E-state index in [1.54, 1.807) is 0 Å². The number of carbonyl (C=O) groups is 1. The summed E-state index contributed by atoms with van der Waals surface area (Å²) in [5, 5.41) is 2.99. The molecule has 0 bridgehead atoms. The monoisotopic (exact) mass is 192 g/mol. The van der Waals surface area contributed by atoms with Crippen molar-refractivity contribution < 1.29 is 17.8 Å². The molecule has 0 aromatic rings. The van der Waals surface area contributed by atoms with Crippen molar-refractivity contribution in [3.63, 3.8) is 0 Å². The summed E-state index contributed by atoms with van der Waals surface area (Å²) >= 11 is 0. The van der Waals surface area contributed by atoms with E-state index < -0.39 is 22.3 Å². The molecule has 0 radical (unpaired) electrons. The summed E-state index contributed by atoms with van der Waals surface area (Å²) in [5.41, 5.74) is 7.88. The Morgan fingerprint density at radius 1 is 1.75 bits per heavy atom. The molecule has 1 unspecified atom stereocenters. The van der Waals surface area contributed by atoms with Crippen molar-refractivity contribution in [1.29, 1.82) is 0 Å². The predicted molar refractivity (Wildman–Crippen MR) is 36.2 cm³/mol.